The molecule has 28 heavy (non-hydrogen) atoms. The maximum absolute atomic E-state index is 14.2. The maximum atomic E-state index is 14.2. The predicted molar refractivity (Wildman–Crippen MR) is 108 cm³/mol. The molecule has 0 unspecified atom stereocenters. The Hall–Kier alpha value is -2.80. The second-order valence-electron chi connectivity index (χ2n) is 6.10. The van der Waals surface area contributed by atoms with Crippen molar-refractivity contribution in [2.75, 3.05) is 18.4 Å². The summed E-state index contributed by atoms with van der Waals surface area (Å²) in [6.45, 7) is 6.66. The van der Waals surface area contributed by atoms with Gasteiger partial charge in [-0.15, -0.1) is 12.4 Å². The Morgan fingerprint density at radius 2 is 1.86 bits per heavy atom. The van der Waals surface area contributed by atoms with Crippen molar-refractivity contribution in [1.29, 1.82) is 0 Å². The smallest absolute Gasteiger partial charge is 0.257 e. The first-order valence-electron chi connectivity index (χ1n) is 8.72. The number of halogens is 3. The summed E-state index contributed by atoms with van der Waals surface area (Å²) in [6, 6.07) is 6.82. The van der Waals surface area contributed by atoms with E-state index >= 15 is 0 Å². The van der Waals surface area contributed by atoms with E-state index in [9.17, 15) is 13.6 Å². The van der Waals surface area contributed by atoms with E-state index in [0.717, 1.165) is 17.8 Å². The highest BCUT2D eigenvalue weighted by molar-refractivity contribution is 6.07. The molecule has 0 fully saturated rings. The second-order valence-corrected chi connectivity index (χ2v) is 6.10. The molecule has 2 aromatic heterocycles. The third kappa shape index (κ3) is 4.20. The van der Waals surface area contributed by atoms with Crippen LogP contribution in [0.4, 0.5) is 20.2 Å². The average Bonchev–Trinajstić information content (AvgIpc) is 2.64. The molecular weight excluding hydrogens is 386 g/mol. The van der Waals surface area contributed by atoms with Gasteiger partial charge in [-0.2, -0.15) is 0 Å². The molecular formula is C20H21ClF2N4O. The van der Waals surface area contributed by atoms with Gasteiger partial charge in [-0.05, 0) is 45.0 Å². The lowest BCUT2D eigenvalue weighted by Crippen LogP contribution is -2.31. The number of aryl methyl sites for hydroxylation is 1. The van der Waals surface area contributed by atoms with Crippen molar-refractivity contribution >= 4 is 40.7 Å². The number of rotatable bonds is 5. The van der Waals surface area contributed by atoms with E-state index in [-0.39, 0.29) is 24.0 Å². The van der Waals surface area contributed by atoms with Gasteiger partial charge in [-0.1, -0.05) is 0 Å². The summed E-state index contributed by atoms with van der Waals surface area (Å²) in [5.41, 5.74) is 1.99. The molecule has 0 aliphatic carbocycles. The molecule has 0 aliphatic rings. The van der Waals surface area contributed by atoms with Crippen molar-refractivity contribution in [2.24, 2.45) is 0 Å². The van der Waals surface area contributed by atoms with Crippen LogP contribution in [0.3, 0.4) is 0 Å². The number of amides is 1. The summed E-state index contributed by atoms with van der Waals surface area (Å²) < 4.78 is 27.4. The van der Waals surface area contributed by atoms with Crippen molar-refractivity contribution in [3.8, 4) is 0 Å². The summed E-state index contributed by atoms with van der Waals surface area (Å²) >= 11 is 0. The van der Waals surface area contributed by atoms with Crippen LogP contribution in [0.25, 0.3) is 11.0 Å². The molecule has 1 N–H and O–H groups in total. The molecule has 0 spiro atoms. The number of fused-ring (bicyclic) bond motifs is 1. The van der Waals surface area contributed by atoms with Crippen LogP contribution < -0.4 is 5.32 Å². The van der Waals surface area contributed by atoms with Crippen LogP contribution in [0.1, 0.15) is 29.9 Å². The van der Waals surface area contributed by atoms with Crippen molar-refractivity contribution < 1.29 is 13.6 Å². The van der Waals surface area contributed by atoms with Crippen LogP contribution in [0, 0.1) is 18.6 Å². The number of anilines is 2. The summed E-state index contributed by atoms with van der Waals surface area (Å²) in [5.74, 6) is -1.64. The molecule has 0 bridgehead atoms. The van der Waals surface area contributed by atoms with Crippen molar-refractivity contribution in [1.82, 2.24) is 14.9 Å². The van der Waals surface area contributed by atoms with E-state index in [1.54, 1.807) is 17.0 Å². The number of aromatic nitrogens is 2. The average molecular weight is 407 g/mol. The molecule has 1 aromatic carbocycles. The molecule has 0 saturated carbocycles. The summed E-state index contributed by atoms with van der Waals surface area (Å²) in [7, 11) is 0. The Balaban J connectivity index is 0.00000280. The molecule has 3 aromatic rings. The molecule has 0 atom stereocenters. The largest absolute Gasteiger partial charge is 0.352 e. The Morgan fingerprint density at radius 3 is 2.50 bits per heavy atom. The van der Waals surface area contributed by atoms with Gasteiger partial charge in [-0.3, -0.25) is 4.79 Å². The molecule has 0 radical (unpaired) electrons. The zero-order valence-corrected chi connectivity index (χ0v) is 16.6. The number of hydrogen-bond donors (Lipinski definition) is 1. The molecule has 0 saturated heterocycles. The minimum atomic E-state index is -0.749. The lowest BCUT2D eigenvalue weighted by molar-refractivity contribution is 0.0773. The van der Waals surface area contributed by atoms with Gasteiger partial charge in [0.25, 0.3) is 5.91 Å². The fourth-order valence-electron chi connectivity index (χ4n) is 2.88. The number of nitrogens with one attached hydrogen (secondary N) is 1. The minimum Gasteiger partial charge on any atom is -0.352 e. The monoisotopic (exact) mass is 406 g/mol. The van der Waals surface area contributed by atoms with E-state index in [4.69, 9.17) is 0 Å². The van der Waals surface area contributed by atoms with Gasteiger partial charge in [-0.25, -0.2) is 18.7 Å². The first-order valence-corrected chi connectivity index (χ1v) is 8.72. The van der Waals surface area contributed by atoms with E-state index in [1.165, 1.54) is 12.3 Å². The third-order valence-electron chi connectivity index (χ3n) is 4.34. The molecule has 3 rings (SSSR count). The molecule has 0 aliphatic heterocycles. The third-order valence-corrected chi connectivity index (χ3v) is 4.34. The van der Waals surface area contributed by atoms with Crippen LogP contribution in [-0.4, -0.2) is 33.9 Å². The van der Waals surface area contributed by atoms with E-state index in [2.05, 4.69) is 15.3 Å². The van der Waals surface area contributed by atoms with E-state index < -0.39 is 11.6 Å². The molecule has 8 heteroatoms. The first kappa shape index (κ1) is 21.5. The fourth-order valence-corrected chi connectivity index (χ4v) is 2.88. The fraction of sp³-hybridized carbons (Fsp3) is 0.250. The van der Waals surface area contributed by atoms with Gasteiger partial charge in [0.05, 0.1) is 16.9 Å². The standard InChI is InChI=1S/C20H20F2N4O.ClH/c1-4-26(5-2)20(27)15-11-23-19-14(8-6-12(3)24-19)18(15)25-17-9-7-13(21)10-16(17)22;/h6-11H,4-5H2,1-3H3,(H,23,24,25);1H. The Labute approximate surface area is 168 Å². The molecule has 2 heterocycles. The van der Waals surface area contributed by atoms with Crippen LogP contribution in [0.15, 0.2) is 36.5 Å². The number of hydrogen-bond acceptors (Lipinski definition) is 4. The van der Waals surface area contributed by atoms with Crippen molar-refractivity contribution in [3.63, 3.8) is 0 Å². The predicted octanol–water partition coefficient (Wildman–Crippen LogP) is 4.86. The van der Waals surface area contributed by atoms with Gasteiger partial charge in [0.2, 0.25) is 0 Å². The Morgan fingerprint density at radius 1 is 1.14 bits per heavy atom. The summed E-state index contributed by atoms with van der Waals surface area (Å²) in [4.78, 5) is 23.3. The van der Waals surface area contributed by atoms with E-state index in [0.29, 0.717) is 35.4 Å². The van der Waals surface area contributed by atoms with Crippen LogP contribution in [-0.2, 0) is 0 Å². The normalized spacial score (nSPS) is 10.5. The minimum absolute atomic E-state index is 0. The number of carbonyl (C=O) groups excluding carboxylic acids is 1. The lowest BCUT2D eigenvalue weighted by atomic mass is 10.1. The number of pyridine rings is 2. The van der Waals surface area contributed by atoms with Crippen LogP contribution in [0.2, 0.25) is 0 Å². The van der Waals surface area contributed by atoms with Crippen LogP contribution in [0.5, 0.6) is 0 Å². The quantitative estimate of drug-likeness (QED) is 0.657. The van der Waals surface area contributed by atoms with Crippen molar-refractivity contribution in [3.05, 3.63) is 59.4 Å². The lowest BCUT2D eigenvalue weighted by Gasteiger charge is -2.21. The number of nitrogens with zero attached hydrogens (tertiary/aromatic N) is 3. The first-order chi connectivity index (χ1) is 12.9. The Bertz CT molecular complexity index is 1010. The molecule has 148 valence electrons. The Kier molecular flexibility index (Phi) is 6.85. The van der Waals surface area contributed by atoms with Crippen LogP contribution >= 0.6 is 12.4 Å². The van der Waals surface area contributed by atoms with E-state index in [1.807, 2.05) is 20.8 Å². The number of carbonyl (C=O) groups is 1. The van der Waals surface area contributed by atoms with Gasteiger partial charge in [0.1, 0.15) is 11.6 Å². The molecule has 1 amide bonds. The second kappa shape index (κ2) is 8.93. The highest BCUT2D eigenvalue weighted by Crippen LogP contribution is 2.30. The molecule has 5 nitrogen and oxygen atoms in total. The highest BCUT2D eigenvalue weighted by atomic mass is 35.5. The van der Waals surface area contributed by atoms with Gasteiger partial charge >= 0.3 is 0 Å². The van der Waals surface area contributed by atoms with Gasteiger partial charge in [0.15, 0.2) is 5.65 Å². The van der Waals surface area contributed by atoms with Crippen molar-refractivity contribution in [2.45, 2.75) is 20.8 Å². The summed E-state index contributed by atoms with van der Waals surface area (Å²) in [6.07, 6.45) is 1.44. The zero-order valence-electron chi connectivity index (χ0n) is 15.8. The highest BCUT2D eigenvalue weighted by Gasteiger charge is 2.21. The topological polar surface area (TPSA) is 58.1 Å². The summed E-state index contributed by atoms with van der Waals surface area (Å²) in [5, 5.41) is 3.53. The SMILES string of the molecule is CCN(CC)C(=O)c1cnc2nc(C)ccc2c1Nc1ccc(F)cc1F.Cl. The van der Waals surface area contributed by atoms with Gasteiger partial charge < -0.3 is 10.2 Å². The number of benzene rings is 1. The zero-order chi connectivity index (χ0) is 19.6. The van der Waals surface area contributed by atoms with Gasteiger partial charge in [0, 0.05) is 36.4 Å². The maximum Gasteiger partial charge on any atom is 0.257 e.